The van der Waals surface area contributed by atoms with Crippen molar-refractivity contribution in [3.8, 4) is 34.1 Å². The van der Waals surface area contributed by atoms with E-state index in [9.17, 15) is 4.79 Å². The Balaban J connectivity index is 2.12. The fourth-order valence-electron chi connectivity index (χ4n) is 3.58. The zero-order chi connectivity index (χ0) is 20.8. The summed E-state index contributed by atoms with van der Waals surface area (Å²) in [5.41, 5.74) is 2.35. The molecule has 0 bridgehead atoms. The van der Waals surface area contributed by atoms with Gasteiger partial charge in [0.15, 0.2) is 23.0 Å². The van der Waals surface area contributed by atoms with Crippen molar-refractivity contribution in [2.45, 2.75) is 6.42 Å². The fraction of sp³-hybridized carbons (Fsp3) is 0.409. The van der Waals surface area contributed by atoms with E-state index in [0.29, 0.717) is 49.3 Å². The minimum atomic E-state index is 0.0450. The number of carbonyl (C=O) groups is 1. The molecule has 0 N–H and O–H groups in total. The summed E-state index contributed by atoms with van der Waals surface area (Å²) in [6, 6.07) is 9.34. The lowest BCUT2D eigenvalue weighted by molar-refractivity contribution is -0.134. The van der Waals surface area contributed by atoms with Gasteiger partial charge in [0.25, 0.3) is 0 Å². The topological polar surface area (TPSA) is 66.5 Å². The Bertz CT molecular complexity index is 861. The first kappa shape index (κ1) is 20.8. The minimum Gasteiger partial charge on any atom is -0.493 e. The molecule has 0 atom stereocenters. The van der Waals surface area contributed by atoms with Crippen molar-refractivity contribution in [2.75, 3.05) is 54.7 Å². The minimum absolute atomic E-state index is 0.0450. The van der Waals surface area contributed by atoms with Crippen LogP contribution in [0.3, 0.4) is 0 Å². The highest BCUT2D eigenvalue weighted by Gasteiger charge is 2.25. The van der Waals surface area contributed by atoms with E-state index in [1.54, 1.807) is 28.4 Å². The van der Waals surface area contributed by atoms with Crippen LogP contribution >= 0.6 is 0 Å². The molecule has 1 heterocycles. The Labute approximate surface area is 171 Å². The molecular weight excluding hydrogens is 374 g/mol. The first-order chi connectivity index (χ1) is 14.1. The molecule has 7 nitrogen and oxygen atoms in total. The number of ether oxygens (including phenoxy) is 5. The van der Waals surface area contributed by atoms with E-state index in [-0.39, 0.29) is 12.3 Å². The molecule has 1 aliphatic heterocycles. The van der Waals surface area contributed by atoms with Crippen LogP contribution in [0.2, 0.25) is 0 Å². The average molecular weight is 401 g/mol. The first-order valence-electron chi connectivity index (χ1n) is 9.45. The number of methoxy groups -OCH3 is 4. The van der Waals surface area contributed by atoms with E-state index < -0.39 is 0 Å². The Morgan fingerprint density at radius 2 is 1.55 bits per heavy atom. The molecule has 1 fully saturated rings. The monoisotopic (exact) mass is 401 g/mol. The van der Waals surface area contributed by atoms with E-state index in [1.165, 1.54) is 0 Å². The third kappa shape index (κ3) is 4.24. The second kappa shape index (κ2) is 9.52. The van der Waals surface area contributed by atoms with Crippen LogP contribution in [0, 0.1) is 0 Å². The van der Waals surface area contributed by atoms with Gasteiger partial charge in [0.1, 0.15) is 0 Å². The lowest BCUT2D eigenvalue weighted by Crippen LogP contribution is -2.41. The summed E-state index contributed by atoms with van der Waals surface area (Å²) in [7, 11) is 6.35. The Kier molecular flexibility index (Phi) is 6.82. The van der Waals surface area contributed by atoms with Crippen molar-refractivity contribution in [2.24, 2.45) is 0 Å². The molecule has 1 aliphatic rings. The molecule has 1 amide bonds. The zero-order valence-corrected chi connectivity index (χ0v) is 17.3. The van der Waals surface area contributed by atoms with Crippen molar-refractivity contribution in [3.05, 3.63) is 35.9 Å². The van der Waals surface area contributed by atoms with E-state index in [0.717, 1.165) is 16.7 Å². The number of hydrogen-bond donors (Lipinski definition) is 0. The van der Waals surface area contributed by atoms with Gasteiger partial charge in [-0.05, 0) is 17.7 Å². The van der Waals surface area contributed by atoms with Crippen LogP contribution in [0.15, 0.2) is 30.3 Å². The largest absolute Gasteiger partial charge is 0.493 e. The summed E-state index contributed by atoms with van der Waals surface area (Å²) >= 11 is 0. The SMILES string of the molecule is COc1cccc(-c2c(CC(=O)N3CCOCC3)ccc(OC)c2OC)c1OC. The molecule has 0 aliphatic carbocycles. The molecule has 2 aromatic carbocycles. The quantitative estimate of drug-likeness (QED) is 0.711. The van der Waals surface area contributed by atoms with Gasteiger partial charge < -0.3 is 28.6 Å². The summed E-state index contributed by atoms with van der Waals surface area (Å²) in [6.07, 6.45) is 0.232. The molecule has 3 rings (SSSR count). The highest BCUT2D eigenvalue weighted by molar-refractivity contribution is 5.88. The molecule has 1 saturated heterocycles. The van der Waals surface area contributed by atoms with Crippen molar-refractivity contribution < 1.29 is 28.5 Å². The van der Waals surface area contributed by atoms with Gasteiger partial charge >= 0.3 is 0 Å². The predicted molar refractivity (Wildman–Crippen MR) is 109 cm³/mol. The highest BCUT2D eigenvalue weighted by Crippen LogP contribution is 2.47. The van der Waals surface area contributed by atoms with Crippen LogP contribution in [0.4, 0.5) is 0 Å². The first-order valence-corrected chi connectivity index (χ1v) is 9.45. The summed E-state index contributed by atoms with van der Waals surface area (Å²) in [5, 5.41) is 0. The van der Waals surface area contributed by atoms with Crippen LogP contribution in [-0.4, -0.2) is 65.5 Å². The maximum absolute atomic E-state index is 12.9. The van der Waals surface area contributed by atoms with Crippen LogP contribution in [0.5, 0.6) is 23.0 Å². The van der Waals surface area contributed by atoms with Gasteiger partial charge in [0.2, 0.25) is 5.91 Å². The zero-order valence-electron chi connectivity index (χ0n) is 17.3. The maximum atomic E-state index is 12.9. The summed E-state index contributed by atoms with van der Waals surface area (Å²) in [5.74, 6) is 2.34. The third-order valence-corrected chi connectivity index (χ3v) is 5.01. The normalized spacial score (nSPS) is 13.7. The molecule has 29 heavy (non-hydrogen) atoms. The number of morpholine rings is 1. The molecule has 0 spiro atoms. The van der Waals surface area contributed by atoms with Crippen LogP contribution < -0.4 is 18.9 Å². The molecule has 0 radical (unpaired) electrons. The maximum Gasteiger partial charge on any atom is 0.227 e. The standard InChI is InChI=1S/C22H27NO6/c1-25-17-7-5-6-16(21(17)27-3)20-15(8-9-18(26-2)22(20)28-4)14-19(24)23-10-12-29-13-11-23/h5-9H,10-14H2,1-4H3. The lowest BCUT2D eigenvalue weighted by Gasteiger charge is -2.27. The molecule has 7 heteroatoms. The van der Waals surface area contributed by atoms with Gasteiger partial charge in [-0.2, -0.15) is 0 Å². The summed E-state index contributed by atoms with van der Waals surface area (Å²) in [6.45, 7) is 2.33. The second-order valence-electron chi connectivity index (χ2n) is 6.55. The van der Waals surface area contributed by atoms with E-state index >= 15 is 0 Å². The number of carbonyl (C=O) groups excluding carboxylic acids is 1. The molecule has 0 unspecified atom stereocenters. The van der Waals surface area contributed by atoms with Gasteiger partial charge in [-0.15, -0.1) is 0 Å². The van der Waals surface area contributed by atoms with Crippen molar-refractivity contribution in [3.63, 3.8) is 0 Å². The van der Waals surface area contributed by atoms with Gasteiger partial charge in [0.05, 0.1) is 48.1 Å². The van der Waals surface area contributed by atoms with Crippen molar-refractivity contribution >= 4 is 5.91 Å². The van der Waals surface area contributed by atoms with E-state index in [4.69, 9.17) is 23.7 Å². The van der Waals surface area contributed by atoms with Gasteiger partial charge in [0, 0.05) is 24.2 Å². The fourth-order valence-corrected chi connectivity index (χ4v) is 3.58. The van der Waals surface area contributed by atoms with Crippen molar-refractivity contribution in [1.29, 1.82) is 0 Å². The van der Waals surface area contributed by atoms with Gasteiger partial charge in [-0.1, -0.05) is 18.2 Å². The average Bonchev–Trinajstić information content (AvgIpc) is 2.78. The third-order valence-electron chi connectivity index (χ3n) is 5.01. The van der Waals surface area contributed by atoms with E-state index in [2.05, 4.69) is 0 Å². The van der Waals surface area contributed by atoms with Gasteiger partial charge in [-0.3, -0.25) is 4.79 Å². The number of para-hydroxylation sites is 1. The highest BCUT2D eigenvalue weighted by atomic mass is 16.5. The van der Waals surface area contributed by atoms with Crippen LogP contribution in [0.25, 0.3) is 11.1 Å². The molecule has 0 saturated carbocycles. The Morgan fingerprint density at radius 1 is 0.897 bits per heavy atom. The molecule has 156 valence electrons. The number of benzene rings is 2. The van der Waals surface area contributed by atoms with E-state index in [1.807, 2.05) is 35.2 Å². The molecular formula is C22H27NO6. The molecule has 2 aromatic rings. The van der Waals surface area contributed by atoms with Crippen LogP contribution in [0.1, 0.15) is 5.56 Å². The number of amides is 1. The number of rotatable bonds is 7. The predicted octanol–water partition coefficient (Wildman–Crippen LogP) is 2.79. The molecule has 0 aromatic heterocycles. The Hall–Kier alpha value is -2.93. The smallest absolute Gasteiger partial charge is 0.227 e. The number of nitrogens with zero attached hydrogens (tertiary/aromatic N) is 1. The van der Waals surface area contributed by atoms with Gasteiger partial charge in [-0.25, -0.2) is 0 Å². The summed E-state index contributed by atoms with van der Waals surface area (Å²) in [4.78, 5) is 14.8. The van der Waals surface area contributed by atoms with Crippen LogP contribution in [-0.2, 0) is 16.0 Å². The van der Waals surface area contributed by atoms with Crippen molar-refractivity contribution in [1.82, 2.24) is 4.90 Å². The Morgan fingerprint density at radius 3 is 2.17 bits per heavy atom. The summed E-state index contributed by atoms with van der Waals surface area (Å²) < 4.78 is 27.6. The lowest BCUT2D eigenvalue weighted by atomic mass is 9.94. The number of hydrogen-bond acceptors (Lipinski definition) is 6. The second-order valence-corrected chi connectivity index (χ2v) is 6.55.